The van der Waals surface area contributed by atoms with Crippen LogP contribution in [-0.2, 0) is 16.0 Å². The lowest BCUT2D eigenvalue weighted by Crippen LogP contribution is -2.15. The molecule has 0 radical (unpaired) electrons. The second-order valence-corrected chi connectivity index (χ2v) is 4.31. The summed E-state index contributed by atoms with van der Waals surface area (Å²) in [7, 11) is 0. The van der Waals surface area contributed by atoms with Crippen LogP contribution in [0.3, 0.4) is 0 Å². The molecule has 0 unspecified atom stereocenters. The summed E-state index contributed by atoms with van der Waals surface area (Å²) in [4.78, 5) is 11.6. The molecular formula is C13H16F2N2O2. The van der Waals surface area contributed by atoms with Crippen LogP contribution >= 0.6 is 0 Å². The molecule has 0 bridgehead atoms. The first-order chi connectivity index (χ1) is 9.15. The van der Waals surface area contributed by atoms with Gasteiger partial charge < -0.3 is 15.4 Å². The maximum atomic E-state index is 11.8. The van der Waals surface area contributed by atoms with Crippen molar-refractivity contribution in [2.24, 2.45) is 0 Å². The van der Waals surface area contributed by atoms with Gasteiger partial charge in [0.1, 0.15) is 6.61 Å². The molecule has 19 heavy (non-hydrogen) atoms. The number of halogens is 2. The number of carbonyl (C=O) groups is 1. The van der Waals surface area contributed by atoms with Crippen LogP contribution in [0.1, 0.15) is 12.0 Å². The van der Waals surface area contributed by atoms with E-state index in [4.69, 9.17) is 0 Å². The van der Waals surface area contributed by atoms with Crippen molar-refractivity contribution in [2.75, 3.05) is 30.4 Å². The van der Waals surface area contributed by atoms with Crippen LogP contribution < -0.4 is 10.6 Å². The molecule has 0 atom stereocenters. The molecule has 0 spiro atoms. The monoisotopic (exact) mass is 270 g/mol. The highest BCUT2D eigenvalue weighted by Gasteiger charge is 2.11. The number of carbonyl (C=O) groups excluding carboxylic acids is 1. The summed E-state index contributed by atoms with van der Waals surface area (Å²) in [5.41, 5.74) is 2.99. The van der Waals surface area contributed by atoms with Crippen LogP contribution in [-0.4, -0.2) is 32.1 Å². The van der Waals surface area contributed by atoms with Gasteiger partial charge in [-0.25, -0.2) is 8.78 Å². The fraction of sp³-hybridized carbons (Fsp3) is 0.462. The predicted molar refractivity (Wildman–Crippen MR) is 68.7 cm³/mol. The molecule has 0 saturated carbocycles. The van der Waals surface area contributed by atoms with Gasteiger partial charge in [0.05, 0.1) is 13.0 Å². The number of alkyl halides is 2. The first-order valence-corrected chi connectivity index (χ1v) is 6.17. The van der Waals surface area contributed by atoms with E-state index < -0.39 is 13.0 Å². The van der Waals surface area contributed by atoms with Gasteiger partial charge in [0.15, 0.2) is 0 Å². The van der Waals surface area contributed by atoms with E-state index in [-0.39, 0.29) is 18.9 Å². The van der Waals surface area contributed by atoms with E-state index in [1.165, 1.54) is 5.56 Å². The lowest BCUT2D eigenvalue weighted by atomic mass is 10.1. The first kappa shape index (κ1) is 13.7. The van der Waals surface area contributed by atoms with Crippen molar-refractivity contribution < 1.29 is 18.3 Å². The van der Waals surface area contributed by atoms with Crippen LogP contribution in [0, 0.1) is 0 Å². The molecule has 1 amide bonds. The number of hydrogen-bond acceptors (Lipinski definition) is 3. The van der Waals surface area contributed by atoms with E-state index in [0.29, 0.717) is 0 Å². The minimum atomic E-state index is -2.49. The summed E-state index contributed by atoms with van der Waals surface area (Å²) in [5.74, 6) is -0.236. The molecule has 0 aliphatic carbocycles. The molecule has 1 aromatic rings. The third kappa shape index (κ3) is 4.17. The topological polar surface area (TPSA) is 50.4 Å². The molecule has 104 valence electrons. The minimum absolute atomic E-state index is 0.00265. The minimum Gasteiger partial charge on any atom is -0.384 e. The number of ether oxygens (including phenoxy) is 1. The molecular weight excluding hydrogens is 254 g/mol. The zero-order valence-electron chi connectivity index (χ0n) is 10.4. The van der Waals surface area contributed by atoms with Crippen molar-refractivity contribution in [3.8, 4) is 0 Å². The smallest absolute Gasteiger partial charge is 0.261 e. The van der Waals surface area contributed by atoms with E-state index in [0.717, 1.165) is 24.3 Å². The molecule has 1 aliphatic heterocycles. The Morgan fingerprint density at radius 2 is 2.32 bits per heavy atom. The van der Waals surface area contributed by atoms with Gasteiger partial charge in [-0.2, -0.15) is 0 Å². The zero-order valence-corrected chi connectivity index (χ0v) is 10.4. The highest BCUT2D eigenvalue weighted by Crippen LogP contribution is 2.25. The van der Waals surface area contributed by atoms with Crippen LogP contribution in [0.4, 0.5) is 20.2 Å². The van der Waals surface area contributed by atoms with Gasteiger partial charge in [0.25, 0.3) is 6.43 Å². The van der Waals surface area contributed by atoms with Crippen molar-refractivity contribution in [1.82, 2.24) is 0 Å². The van der Waals surface area contributed by atoms with Crippen LogP contribution in [0.5, 0.6) is 0 Å². The Morgan fingerprint density at radius 3 is 3.11 bits per heavy atom. The Balaban J connectivity index is 1.76. The number of nitrogens with one attached hydrogen (secondary N) is 2. The molecule has 0 fully saturated rings. The highest BCUT2D eigenvalue weighted by atomic mass is 19.3. The summed E-state index contributed by atoms with van der Waals surface area (Å²) in [6.45, 7) is 0.286. The molecule has 2 N–H and O–H groups in total. The van der Waals surface area contributed by atoms with Crippen molar-refractivity contribution in [3.63, 3.8) is 0 Å². The maximum absolute atomic E-state index is 11.8. The number of anilines is 2. The molecule has 2 rings (SSSR count). The Labute approximate surface area is 110 Å². The van der Waals surface area contributed by atoms with Gasteiger partial charge in [-0.1, -0.05) is 0 Å². The fourth-order valence-electron chi connectivity index (χ4n) is 1.94. The molecule has 4 nitrogen and oxygen atoms in total. The van der Waals surface area contributed by atoms with Gasteiger partial charge in [0, 0.05) is 17.9 Å². The molecule has 0 aromatic heterocycles. The van der Waals surface area contributed by atoms with Crippen molar-refractivity contribution in [1.29, 1.82) is 0 Å². The van der Waals surface area contributed by atoms with Gasteiger partial charge in [-0.3, -0.25) is 4.79 Å². The van der Waals surface area contributed by atoms with Crippen LogP contribution in [0.25, 0.3) is 0 Å². The number of benzene rings is 1. The zero-order chi connectivity index (χ0) is 13.7. The maximum Gasteiger partial charge on any atom is 0.261 e. The standard InChI is InChI=1S/C13H16F2N2O2/c14-12(15)8-19-6-4-13(18)17-10-1-2-11-9(7-10)3-5-16-11/h1-2,7,12,16H,3-6,8H2,(H,17,18). The van der Waals surface area contributed by atoms with Gasteiger partial charge >= 0.3 is 0 Å². The lowest BCUT2D eigenvalue weighted by molar-refractivity contribution is -0.117. The Bertz CT molecular complexity index is 452. The number of fused-ring (bicyclic) bond motifs is 1. The lowest BCUT2D eigenvalue weighted by Gasteiger charge is -2.07. The summed E-state index contributed by atoms with van der Waals surface area (Å²) in [6, 6.07) is 5.66. The first-order valence-electron chi connectivity index (χ1n) is 6.17. The SMILES string of the molecule is O=C(CCOCC(F)F)Nc1ccc2c(c1)CCN2. The van der Waals surface area contributed by atoms with Gasteiger partial charge in [-0.05, 0) is 30.2 Å². The van der Waals surface area contributed by atoms with Crippen molar-refractivity contribution in [3.05, 3.63) is 23.8 Å². The third-order valence-corrected chi connectivity index (χ3v) is 2.82. The Hall–Kier alpha value is -1.69. The summed E-state index contributed by atoms with van der Waals surface area (Å²) < 4.78 is 28.3. The Morgan fingerprint density at radius 1 is 1.47 bits per heavy atom. The summed E-state index contributed by atoms with van der Waals surface area (Å²) >= 11 is 0. The van der Waals surface area contributed by atoms with Crippen molar-refractivity contribution in [2.45, 2.75) is 19.3 Å². The average Bonchev–Trinajstić information content (AvgIpc) is 2.82. The van der Waals surface area contributed by atoms with Gasteiger partial charge in [-0.15, -0.1) is 0 Å². The van der Waals surface area contributed by atoms with Crippen LogP contribution in [0.15, 0.2) is 18.2 Å². The van der Waals surface area contributed by atoms with E-state index in [2.05, 4.69) is 15.4 Å². The normalized spacial score (nSPS) is 13.2. The van der Waals surface area contributed by atoms with Crippen molar-refractivity contribution >= 4 is 17.3 Å². The number of hydrogen-bond donors (Lipinski definition) is 2. The molecule has 6 heteroatoms. The molecule has 1 aromatic carbocycles. The summed E-state index contributed by atoms with van der Waals surface area (Å²) in [6.07, 6.45) is -1.48. The van der Waals surface area contributed by atoms with E-state index in [1.54, 1.807) is 0 Å². The van der Waals surface area contributed by atoms with E-state index >= 15 is 0 Å². The largest absolute Gasteiger partial charge is 0.384 e. The Kier molecular flexibility index (Phi) is 4.68. The van der Waals surface area contributed by atoms with E-state index in [9.17, 15) is 13.6 Å². The number of rotatable bonds is 6. The average molecular weight is 270 g/mol. The summed E-state index contributed by atoms with van der Waals surface area (Å²) in [5, 5.41) is 5.95. The fourth-order valence-corrected chi connectivity index (χ4v) is 1.94. The van der Waals surface area contributed by atoms with E-state index in [1.807, 2.05) is 18.2 Å². The second-order valence-electron chi connectivity index (χ2n) is 4.31. The molecule has 1 aliphatic rings. The second kappa shape index (κ2) is 6.47. The molecule has 0 saturated heterocycles. The predicted octanol–water partition coefficient (Wildman–Crippen LogP) is 2.26. The number of amides is 1. The molecule has 1 heterocycles. The quantitative estimate of drug-likeness (QED) is 0.780. The van der Waals surface area contributed by atoms with Crippen LogP contribution in [0.2, 0.25) is 0 Å². The highest BCUT2D eigenvalue weighted by molar-refractivity contribution is 5.91. The van der Waals surface area contributed by atoms with Gasteiger partial charge in [0.2, 0.25) is 5.91 Å². The third-order valence-electron chi connectivity index (χ3n) is 2.82.